The molecular formula is C18H31NO2. The lowest BCUT2D eigenvalue weighted by molar-refractivity contribution is 0.281. The summed E-state index contributed by atoms with van der Waals surface area (Å²) in [6, 6.07) is 6.76. The molecule has 21 heavy (non-hydrogen) atoms. The molecule has 0 unspecified atom stereocenters. The van der Waals surface area contributed by atoms with Crippen LogP contribution in [0, 0.1) is 0 Å². The Hall–Kier alpha value is -1.06. The number of aliphatic hydroxyl groups excluding tert-OH is 2. The van der Waals surface area contributed by atoms with E-state index in [-0.39, 0.29) is 13.2 Å². The lowest BCUT2D eigenvalue weighted by Gasteiger charge is -2.24. The molecule has 0 aromatic heterocycles. The fraction of sp³-hybridized carbons (Fsp3) is 0.667. The van der Waals surface area contributed by atoms with E-state index in [1.165, 1.54) is 36.8 Å². The Labute approximate surface area is 129 Å². The number of unbranched alkanes of at least 4 members (excludes halogenated alkanes) is 2. The zero-order valence-electron chi connectivity index (χ0n) is 13.6. The van der Waals surface area contributed by atoms with Crippen LogP contribution in [-0.2, 0) is 12.8 Å². The molecule has 3 heteroatoms. The number of benzene rings is 1. The van der Waals surface area contributed by atoms with E-state index < -0.39 is 0 Å². The Balaban J connectivity index is 2.96. The second kappa shape index (κ2) is 10.6. The highest BCUT2D eigenvalue weighted by molar-refractivity contribution is 5.51. The summed E-state index contributed by atoms with van der Waals surface area (Å²) in [5, 5.41) is 18.4. The second-order valence-electron chi connectivity index (χ2n) is 5.65. The monoisotopic (exact) mass is 293 g/mol. The van der Waals surface area contributed by atoms with Gasteiger partial charge in [-0.3, -0.25) is 0 Å². The Bertz CT molecular complexity index is 361. The molecule has 1 aromatic carbocycles. The van der Waals surface area contributed by atoms with E-state index in [4.69, 9.17) is 0 Å². The summed E-state index contributed by atoms with van der Waals surface area (Å²) in [5.74, 6) is 0. The standard InChI is InChI=1S/C18H31NO2/c1-3-5-7-16-13-17(8-6-4-2)15-18(14-16)19(9-11-20)10-12-21/h13-15,20-21H,3-12H2,1-2H3. The van der Waals surface area contributed by atoms with Gasteiger partial charge in [-0.2, -0.15) is 0 Å². The Morgan fingerprint density at radius 2 is 1.29 bits per heavy atom. The average molecular weight is 293 g/mol. The first-order chi connectivity index (χ1) is 10.2. The normalized spacial score (nSPS) is 10.9. The van der Waals surface area contributed by atoms with E-state index in [1.807, 2.05) is 0 Å². The summed E-state index contributed by atoms with van der Waals surface area (Å²) in [6.07, 6.45) is 7.02. The van der Waals surface area contributed by atoms with Crippen molar-refractivity contribution in [3.63, 3.8) is 0 Å². The van der Waals surface area contributed by atoms with Crippen LogP contribution in [0.2, 0.25) is 0 Å². The lowest BCUT2D eigenvalue weighted by atomic mass is 10.0. The number of hydrogen-bond acceptors (Lipinski definition) is 3. The van der Waals surface area contributed by atoms with Crippen molar-refractivity contribution in [1.29, 1.82) is 0 Å². The van der Waals surface area contributed by atoms with Crippen molar-refractivity contribution < 1.29 is 10.2 Å². The van der Waals surface area contributed by atoms with Gasteiger partial charge in [0.05, 0.1) is 13.2 Å². The molecule has 3 nitrogen and oxygen atoms in total. The summed E-state index contributed by atoms with van der Waals surface area (Å²) in [7, 11) is 0. The van der Waals surface area contributed by atoms with Gasteiger partial charge in [0, 0.05) is 18.8 Å². The highest BCUT2D eigenvalue weighted by atomic mass is 16.3. The zero-order valence-corrected chi connectivity index (χ0v) is 13.6. The van der Waals surface area contributed by atoms with Gasteiger partial charge in [0.25, 0.3) is 0 Å². The van der Waals surface area contributed by atoms with Crippen LogP contribution in [0.3, 0.4) is 0 Å². The number of aryl methyl sites for hydroxylation is 2. The van der Waals surface area contributed by atoms with Crippen molar-refractivity contribution in [2.45, 2.75) is 52.4 Å². The molecule has 0 spiro atoms. The fourth-order valence-corrected chi connectivity index (χ4v) is 2.59. The van der Waals surface area contributed by atoms with E-state index in [0.717, 1.165) is 18.5 Å². The van der Waals surface area contributed by atoms with E-state index in [9.17, 15) is 10.2 Å². The number of rotatable bonds is 11. The Morgan fingerprint density at radius 1 is 0.810 bits per heavy atom. The van der Waals surface area contributed by atoms with Crippen molar-refractivity contribution >= 4 is 5.69 Å². The number of hydrogen-bond donors (Lipinski definition) is 2. The van der Waals surface area contributed by atoms with Gasteiger partial charge in [-0.05, 0) is 48.9 Å². The Morgan fingerprint density at radius 3 is 1.67 bits per heavy atom. The largest absolute Gasteiger partial charge is 0.395 e. The first kappa shape index (κ1) is 18.0. The minimum atomic E-state index is 0.115. The summed E-state index contributed by atoms with van der Waals surface area (Å²) >= 11 is 0. The molecule has 0 aliphatic heterocycles. The van der Waals surface area contributed by atoms with E-state index in [2.05, 4.69) is 36.9 Å². The van der Waals surface area contributed by atoms with Gasteiger partial charge in [0.1, 0.15) is 0 Å². The lowest BCUT2D eigenvalue weighted by Crippen LogP contribution is -2.29. The van der Waals surface area contributed by atoms with Crippen molar-refractivity contribution in [2.24, 2.45) is 0 Å². The number of aliphatic hydroxyl groups is 2. The summed E-state index contributed by atoms with van der Waals surface area (Å²) in [5.41, 5.74) is 3.89. The van der Waals surface area contributed by atoms with Gasteiger partial charge in [0.2, 0.25) is 0 Å². The maximum atomic E-state index is 9.22. The van der Waals surface area contributed by atoms with Crippen LogP contribution in [0.15, 0.2) is 18.2 Å². The minimum Gasteiger partial charge on any atom is -0.395 e. The molecule has 1 aromatic rings. The third-order valence-electron chi connectivity index (χ3n) is 3.78. The average Bonchev–Trinajstić information content (AvgIpc) is 2.50. The van der Waals surface area contributed by atoms with Crippen molar-refractivity contribution in [3.05, 3.63) is 29.3 Å². The molecule has 1 rings (SSSR count). The molecule has 0 fully saturated rings. The van der Waals surface area contributed by atoms with E-state index >= 15 is 0 Å². The second-order valence-corrected chi connectivity index (χ2v) is 5.65. The highest BCUT2D eigenvalue weighted by Gasteiger charge is 2.08. The number of anilines is 1. The SMILES string of the molecule is CCCCc1cc(CCCC)cc(N(CCO)CCO)c1. The predicted octanol–water partition coefficient (Wildman–Crippen LogP) is 3.16. The quantitative estimate of drug-likeness (QED) is 0.658. The van der Waals surface area contributed by atoms with Gasteiger partial charge in [-0.25, -0.2) is 0 Å². The third-order valence-corrected chi connectivity index (χ3v) is 3.78. The van der Waals surface area contributed by atoms with Gasteiger partial charge in [0.15, 0.2) is 0 Å². The molecule has 0 radical (unpaired) electrons. The molecule has 2 N–H and O–H groups in total. The fourth-order valence-electron chi connectivity index (χ4n) is 2.59. The van der Waals surface area contributed by atoms with Gasteiger partial charge in [-0.15, -0.1) is 0 Å². The molecular weight excluding hydrogens is 262 g/mol. The molecule has 120 valence electrons. The van der Waals surface area contributed by atoms with Crippen LogP contribution in [-0.4, -0.2) is 36.5 Å². The van der Waals surface area contributed by atoms with Crippen LogP contribution >= 0.6 is 0 Å². The molecule has 0 bridgehead atoms. The van der Waals surface area contributed by atoms with Crippen LogP contribution < -0.4 is 4.90 Å². The van der Waals surface area contributed by atoms with Gasteiger partial charge >= 0.3 is 0 Å². The predicted molar refractivity (Wildman–Crippen MR) is 90.1 cm³/mol. The number of nitrogens with zero attached hydrogens (tertiary/aromatic N) is 1. The van der Waals surface area contributed by atoms with Crippen molar-refractivity contribution in [1.82, 2.24) is 0 Å². The molecule has 0 aliphatic rings. The zero-order chi connectivity index (χ0) is 15.5. The van der Waals surface area contributed by atoms with Crippen LogP contribution in [0.1, 0.15) is 50.7 Å². The van der Waals surface area contributed by atoms with Gasteiger partial charge in [-0.1, -0.05) is 32.8 Å². The highest BCUT2D eigenvalue weighted by Crippen LogP contribution is 2.22. The summed E-state index contributed by atoms with van der Waals surface area (Å²) in [6.45, 7) is 5.81. The molecule has 0 saturated carbocycles. The minimum absolute atomic E-state index is 0.115. The molecule has 0 saturated heterocycles. The topological polar surface area (TPSA) is 43.7 Å². The molecule has 0 aliphatic carbocycles. The maximum Gasteiger partial charge on any atom is 0.0606 e. The van der Waals surface area contributed by atoms with Crippen molar-refractivity contribution in [3.8, 4) is 0 Å². The van der Waals surface area contributed by atoms with E-state index in [1.54, 1.807) is 0 Å². The van der Waals surface area contributed by atoms with Crippen LogP contribution in [0.4, 0.5) is 5.69 Å². The van der Waals surface area contributed by atoms with E-state index in [0.29, 0.717) is 13.1 Å². The van der Waals surface area contributed by atoms with Crippen LogP contribution in [0.25, 0.3) is 0 Å². The first-order valence-electron chi connectivity index (χ1n) is 8.34. The van der Waals surface area contributed by atoms with Crippen molar-refractivity contribution in [2.75, 3.05) is 31.2 Å². The van der Waals surface area contributed by atoms with Crippen LogP contribution in [0.5, 0.6) is 0 Å². The summed E-state index contributed by atoms with van der Waals surface area (Å²) in [4.78, 5) is 2.07. The Kier molecular flexibility index (Phi) is 9.11. The molecule has 0 atom stereocenters. The first-order valence-corrected chi connectivity index (χ1v) is 8.34. The smallest absolute Gasteiger partial charge is 0.0606 e. The molecule has 0 heterocycles. The summed E-state index contributed by atoms with van der Waals surface area (Å²) < 4.78 is 0. The van der Waals surface area contributed by atoms with Gasteiger partial charge < -0.3 is 15.1 Å². The molecule has 0 amide bonds. The third kappa shape index (κ3) is 6.49. The maximum absolute atomic E-state index is 9.22.